The zero-order valence-corrected chi connectivity index (χ0v) is 19.3. The minimum atomic E-state index is -0.148. The van der Waals surface area contributed by atoms with Gasteiger partial charge in [-0.25, -0.2) is 4.68 Å². The van der Waals surface area contributed by atoms with Crippen molar-refractivity contribution in [3.8, 4) is 0 Å². The van der Waals surface area contributed by atoms with Gasteiger partial charge < -0.3 is 4.90 Å². The number of hydrogen-bond acceptors (Lipinski definition) is 6. The Labute approximate surface area is 185 Å². The highest BCUT2D eigenvalue weighted by atomic mass is 15.6. The summed E-state index contributed by atoms with van der Waals surface area (Å²) in [7, 11) is 0. The molecule has 164 valence electrons. The Morgan fingerprint density at radius 3 is 2.39 bits per heavy atom. The van der Waals surface area contributed by atoms with Gasteiger partial charge in [-0.15, -0.1) is 5.10 Å². The number of rotatable bonds is 6. The molecule has 4 rings (SSSR count). The van der Waals surface area contributed by atoms with Gasteiger partial charge in [0.15, 0.2) is 5.82 Å². The number of tetrazole rings is 1. The molecule has 0 amide bonds. The standard InChI is InChI=1S/C24H33N7/c1-6-24(4,5)31-23(26-27-28-31)22(20-10-12-25-13-11-20)30-16-14-29(15-17-30)21-9-7-8-18(2)19(21)3/h7-13,22H,6,14-17H2,1-5H3/t22-/m1/s1. The summed E-state index contributed by atoms with van der Waals surface area (Å²) < 4.78 is 2.01. The number of anilines is 1. The van der Waals surface area contributed by atoms with E-state index in [1.165, 1.54) is 22.4 Å². The zero-order valence-electron chi connectivity index (χ0n) is 19.3. The Balaban J connectivity index is 1.63. The number of pyridine rings is 1. The maximum absolute atomic E-state index is 4.51. The van der Waals surface area contributed by atoms with E-state index in [-0.39, 0.29) is 11.6 Å². The molecule has 1 fully saturated rings. The molecule has 31 heavy (non-hydrogen) atoms. The second-order valence-corrected chi connectivity index (χ2v) is 9.04. The minimum absolute atomic E-state index is 0.00424. The number of piperazine rings is 1. The van der Waals surface area contributed by atoms with Crippen LogP contribution in [0.15, 0.2) is 42.7 Å². The molecular formula is C24H33N7. The van der Waals surface area contributed by atoms with Crippen molar-refractivity contribution in [3.63, 3.8) is 0 Å². The monoisotopic (exact) mass is 419 g/mol. The van der Waals surface area contributed by atoms with Crippen LogP contribution in [0.2, 0.25) is 0 Å². The Morgan fingerprint density at radius 2 is 1.71 bits per heavy atom. The van der Waals surface area contributed by atoms with E-state index in [1.54, 1.807) is 0 Å². The van der Waals surface area contributed by atoms with Crippen LogP contribution in [0, 0.1) is 13.8 Å². The Morgan fingerprint density at radius 1 is 1.00 bits per heavy atom. The largest absolute Gasteiger partial charge is 0.369 e. The molecule has 3 aromatic rings. The first kappa shape index (κ1) is 21.4. The summed E-state index contributed by atoms with van der Waals surface area (Å²) in [5, 5.41) is 13.0. The third-order valence-corrected chi connectivity index (χ3v) is 6.79. The normalized spacial score (nSPS) is 16.5. The molecule has 1 saturated heterocycles. The highest BCUT2D eigenvalue weighted by Gasteiger charge is 2.34. The van der Waals surface area contributed by atoms with Gasteiger partial charge in [-0.2, -0.15) is 0 Å². The first-order chi connectivity index (χ1) is 14.9. The lowest BCUT2D eigenvalue weighted by Gasteiger charge is -2.41. The van der Waals surface area contributed by atoms with Gasteiger partial charge in [0.05, 0.1) is 11.6 Å². The summed E-state index contributed by atoms with van der Waals surface area (Å²) in [6.07, 6.45) is 4.66. The molecule has 1 atom stereocenters. The van der Waals surface area contributed by atoms with Gasteiger partial charge in [-0.05, 0) is 79.4 Å². The second-order valence-electron chi connectivity index (χ2n) is 9.04. The lowest BCUT2D eigenvalue weighted by Crippen LogP contribution is -2.49. The predicted octanol–water partition coefficient (Wildman–Crippen LogP) is 3.74. The molecule has 2 aromatic heterocycles. The van der Waals surface area contributed by atoms with Crippen molar-refractivity contribution >= 4 is 5.69 Å². The van der Waals surface area contributed by atoms with Crippen molar-refractivity contribution in [2.75, 3.05) is 31.1 Å². The van der Waals surface area contributed by atoms with Crippen molar-refractivity contribution in [1.82, 2.24) is 30.1 Å². The molecule has 1 aliphatic rings. The van der Waals surface area contributed by atoms with Gasteiger partial charge >= 0.3 is 0 Å². The molecular weight excluding hydrogens is 386 g/mol. The van der Waals surface area contributed by atoms with Gasteiger partial charge in [0.25, 0.3) is 0 Å². The van der Waals surface area contributed by atoms with E-state index < -0.39 is 0 Å². The Kier molecular flexibility index (Phi) is 6.05. The van der Waals surface area contributed by atoms with Crippen molar-refractivity contribution in [2.24, 2.45) is 0 Å². The third-order valence-electron chi connectivity index (χ3n) is 6.79. The van der Waals surface area contributed by atoms with Crippen molar-refractivity contribution in [2.45, 2.75) is 52.6 Å². The van der Waals surface area contributed by atoms with Crippen LogP contribution in [-0.2, 0) is 5.54 Å². The van der Waals surface area contributed by atoms with Crippen molar-refractivity contribution < 1.29 is 0 Å². The van der Waals surface area contributed by atoms with Crippen LogP contribution in [-0.4, -0.2) is 56.3 Å². The first-order valence-corrected chi connectivity index (χ1v) is 11.2. The highest BCUT2D eigenvalue weighted by molar-refractivity contribution is 5.56. The van der Waals surface area contributed by atoms with E-state index in [2.05, 4.69) is 95.3 Å². The number of nitrogens with zero attached hydrogens (tertiary/aromatic N) is 7. The lowest BCUT2D eigenvalue weighted by atomic mass is 9.99. The second kappa shape index (κ2) is 8.75. The van der Waals surface area contributed by atoms with E-state index in [0.29, 0.717) is 0 Å². The molecule has 7 heteroatoms. The quantitative estimate of drug-likeness (QED) is 0.606. The summed E-state index contributed by atoms with van der Waals surface area (Å²) in [6, 6.07) is 10.8. The summed E-state index contributed by atoms with van der Waals surface area (Å²) in [4.78, 5) is 9.23. The Bertz CT molecular complexity index is 1000. The van der Waals surface area contributed by atoms with Crippen LogP contribution < -0.4 is 4.90 Å². The zero-order chi connectivity index (χ0) is 22.0. The molecule has 0 N–H and O–H groups in total. The molecule has 0 unspecified atom stereocenters. The summed E-state index contributed by atoms with van der Waals surface area (Å²) in [6.45, 7) is 14.8. The van der Waals surface area contributed by atoms with E-state index >= 15 is 0 Å². The molecule has 0 bridgehead atoms. The minimum Gasteiger partial charge on any atom is -0.369 e. The van der Waals surface area contributed by atoms with Gasteiger partial charge in [0, 0.05) is 44.3 Å². The lowest BCUT2D eigenvalue weighted by molar-refractivity contribution is 0.187. The van der Waals surface area contributed by atoms with Crippen LogP contribution >= 0.6 is 0 Å². The van der Waals surface area contributed by atoms with Gasteiger partial charge in [0.1, 0.15) is 0 Å². The van der Waals surface area contributed by atoms with E-state index in [4.69, 9.17) is 0 Å². The number of aromatic nitrogens is 5. The molecule has 3 heterocycles. The molecule has 0 spiro atoms. The third kappa shape index (κ3) is 4.19. The average Bonchev–Trinajstić information content (AvgIpc) is 3.28. The fraction of sp³-hybridized carbons (Fsp3) is 0.500. The number of hydrogen-bond donors (Lipinski definition) is 0. The Hall–Kier alpha value is -2.80. The SMILES string of the molecule is CCC(C)(C)n1nnnc1[C@@H](c1ccncc1)N1CCN(c2cccc(C)c2C)CC1. The fourth-order valence-electron chi connectivity index (χ4n) is 4.31. The summed E-state index contributed by atoms with van der Waals surface area (Å²) >= 11 is 0. The molecule has 1 aromatic carbocycles. The number of benzene rings is 1. The van der Waals surface area contributed by atoms with Crippen LogP contribution in [0.5, 0.6) is 0 Å². The van der Waals surface area contributed by atoms with Crippen LogP contribution in [0.4, 0.5) is 5.69 Å². The topological polar surface area (TPSA) is 63.0 Å². The molecule has 0 radical (unpaired) electrons. The summed E-state index contributed by atoms with van der Waals surface area (Å²) in [5.41, 5.74) is 5.09. The molecule has 0 saturated carbocycles. The first-order valence-electron chi connectivity index (χ1n) is 11.2. The van der Waals surface area contributed by atoms with Gasteiger partial charge in [-0.3, -0.25) is 9.88 Å². The average molecular weight is 420 g/mol. The number of aryl methyl sites for hydroxylation is 1. The van der Waals surface area contributed by atoms with Crippen molar-refractivity contribution in [1.29, 1.82) is 0 Å². The maximum atomic E-state index is 4.51. The van der Waals surface area contributed by atoms with Crippen molar-refractivity contribution in [3.05, 3.63) is 65.2 Å². The molecule has 0 aliphatic carbocycles. The molecule has 7 nitrogen and oxygen atoms in total. The highest BCUT2D eigenvalue weighted by Crippen LogP contribution is 2.32. The van der Waals surface area contributed by atoms with Crippen LogP contribution in [0.3, 0.4) is 0 Å². The molecule has 1 aliphatic heterocycles. The van der Waals surface area contributed by atoms with E-state index in [1.807, 2.05) is 17.1 Å². The maximum Gasteiger partial charge on any atom is 0.173 e. The van der Waals surface area contributed by atoms with E-state index in [0.717, 1.165) is 38.4 Å². The fourth-order valence-corrected chi connectivity index (χ4v) is 4.31. The predicted molar refractivity (Wildman–Crippen MR) is 123 cm³/mol. The summed E-state index contributed by atoms with van der Waals surface area (Å²) in [5.74, 6) is 0.901. The van der Waals surface area contributed by atoms with E-state index in [9.17, 15) is 0 Å². The van der Waals surface area contributed by atoms with Gasteiger partial charge in [-0.1, -0.05) is 19.1 Å². The smallest absolute Gasteiger partial charge is 0.173 e. The van der Waals surface area contributed by atoms with Gasteiger partial charge in [0.2, 0.25) is 0 Å². The van der Waals surface area contributed by atoms with Crippen LogP contribution in [0.1, 0.15) is 55.7 Å². The van der Waals surface area contributed by atoms with Crippen LogP contribution in [0.25, 0.3) is 0 Å².